The predicted octanol–water partition coefficient (Wildman–Crippen LogP) is 3.14. The van der Waals surface area contributed by atoms with Gasteiger partial charge < -0.3 is 15.4 Å². The smallest absolute Gasteiger partial charge is 0.225 e. The van der Waals surface area contributed by atoms with E-state index >= 15 is 0 Å². The minimum atomic E-state index is -0.00976. The zero-order valence-corrected chi connectivity index (χ0v) is 18.6. The lowest BCUT2D eigenvalue weighted by atomic mass is 9.82. The highest BCUT2D eigenvalue weighted by Gasteiger charge is 2.37. The van der Waals surface area contributed by atoms with Gasteiger partial charge in [0.05, 0.1) is 29.8 Å². The molecule has 32 heavy (non-hydrogen) atoms. The fraction of sp³-hybridized carbons (Fsp3) is 0.640. The maximum Gasteiger partial charge on any atom is 0.225 e. The molecule has 1 aromatic carbocycles. The summed E-state index contributed by atoms with van der Waals surface area (Å²) in [6, 6.07) is 9.83. The number of amides is 2. The molecule has 7 heteroatoms. The van der Waals surface area contributed by atoms with E-state index in [4.69, 9.17) is 10.00 Å². The van der Waals surface area contributed by atoms with Crippen LogP contribution in [0, 0.1) is 17.2 Å². The van der Waals surface area contributed by atoms with Gasteiger partial charge in [0.1, 0.15) is 5.75 Å². The Kier molecular flexibility index (Phi) is 7.64. The number of carbonyl (C=O) groups excluding carboxylic acids is 2. The molecule has 2 amide bonds. The van der Waals surface area contributed by atoms with Crippen molar-refractivity contribution < 1.29 is 14.3 Å². The fourth-order valence-electron chi connectivity index (χ4n) is 5.27. The molecule has 2 saturated carbocycles. The molecule has 7 nitrogen and oxygen atoms in total. The van der Waals surface area contributed by atoms with Crippen molar-refractivity contribution in [2.24, 2.45) is 5.92 Å². The van der Waals surface area contributed by atoms with Crippen LogP contribution < -0.4 is 20.7 Å². The molecule has 4 rings (SSSR count). The Morgan fingerprint density at radius 1 is 1.09 bits per heavy atom. The van der Waals surface area contributed by atoms with Crippen molar-refractivity contribution in [1.82, 2.24) is 16.0 Å². The molecule has 0 aromatic heterocycles. The van der Waals surface area contributed by atoms with Crippen molar-refractivity contribution in [2.45, 2.75) is 95.0 Å². The summed E-state index contributed by atoms with van der Waals surface area (Å²) in [5.41, 5.74) is 0.628. The van der Waals surface area contributed by atoms with E-state index in [0.717, 1.165) is 63.5 Å². The van der Waals surface area contributed by atoms with Gasteiger partial charge in [-0.15, -0.1) is 0 Å². The lowest BCUT2D eigenvalue weighted by Gasteiger charge is -2.40. The number of nitriles is 1. The van der Waals surface area contributed by atoms with Crippen LogP contribution >= 0.6 is 0 Å². The molecule has 3 atom stereocenters. The van der Waals surface area contributed by atoms with E-state index in [0.29, 0.717) is 18.0 Å². The standard InChI is InChI=1S/C25H34N4O3/c26-16-17-8-12-19(13-9-17)32-20-14-10-18(11-15-20)27-24(30)7-3-6-23-28-22-5-2-1-4-21(22)25(31)29-23/h8-9,12-13,18,20-23,28H,1-7,10-11,14-15H2,(H,27,30)(H,29,31). The minimum Gasteiger partial charge on any atom is -0.490 e. The normalized spacial score (nSPS) is 29.8. The van der Waals surface area contributed by atoms with Crippen molar-refractivity contribution in [3.63, 3.8) is 0 Å². The number of rotatable bonds is 7. The largest absolute Gasteiger partial charge is 0.490 e. The van der Waals surface area contributed by atoms with Crippen molar-refractivity contribution in [3.05, 3.63) is 29.8 Å². The molecule has 0 bridgehead atoms. The lowest BCUT2D eigenvalue weighted by Crippen LogP contribution is -2.62. The number of fused-ring (bicyclic) bond motifs is 1. The quantitative estimate of drug-likeness (QED) is 0.607. The summed E-state index contributed by atoms with van der Waals surface area (Å²) in [6.07, 6.45) is 10.2. The van der Waals surface area contributed by atoms with Gasteiger partial charge in [-0.25, -0.2) is 0 Å². The van der Waals surface area contributed by atoms with E-state index in [1.54, 1.807) is 12.1 Å². The van der Waals surface area contributed by atoms with E-state index in [9.17, 15) is 9.59 Å². The van der Waals surface area contributed by atoms with Gasteiger partial charge in [-0.05, 0) is 75.6 Å². The fourth-order valence-corrected chi connectivity index (χ4v) is 5.27. The molecule has 3 unspecified atom stereocenters. The van der Waals surface area contributed by atoms with Gasteiger partial charge >= 0.3 is 0 Å². The van der Waals surface area contributed by atoms with Crippen LogP contribution in [-0.4, -0.2) is 36.2 Å². The number of benzene rings is 1. The van der Waals surface area contributed by atoms with Crippen LogP contribution in [-0.2, 0) is 9.59 Å². The highest BCUT2D eigenvalue weighted by atomic mass is 16.5. The average Bonchev–Trinajstić information content (AvgIpc) is 2.81. The van der Waals surface area contributed by atoms with Gasteiger partial charge in [-0.2, -0.15) is 5.26 Å². The first kappa shape index (κ1) is 22.6. The Morgan fingerprint density at radius 3 is 2.59 bits per heavy atom. The summed E-state index contributed by atoms with van der Waals surface area (Å²) < 4.78 is 6.02. The third-order valence-electron chi connectivity index (χ3n) is 7.06. The first-order valence-electron chi connectivity index (χ1n) is 12.1. The van der Waals surface area contributed by atoms with Crippen LogP contribution in [0.1, 0.15) is 76.2 Å². The Bertz CT molecular complexity index is 827. The molecule has 2 aliphatic carbocycles. The zero-order valence-electron chi connectivity index (χ0n) is 18.6. The maximum absolute atomic E-state index is 12.4. The summed E-state index contributed by atoms with van der Waals surface area (Å²) in [7, 11) is 0. The molecule has 0 radical (unpaired) electrons. The highest BCUT2D eigenvalue weighted by molar-refractivity contribution is 5.80. The monoisotopic (exact) mass is 438 g/mol. The molecule has 1 heterocycles. The van der Waals surface area contributed by atoms with Gasteiger partial charge in [0, 0.05) is 18.5 Å². The Morgan fingerprint density at radius 2 is 1.84 bits per heavy atom. The second kappa shape index (κ2) is 10.8. The summed E-state index contributed by atoms with van der Waals surface area (Å²) in [5.74, 6) is 1.20. The van der Waals surface area contributed by atoms with Crippen LogP contribution in [0.5, 0.6) is 5.75 Å². The second-order valence-electron chi connectivity index (χ2n) is 9.41. The van der Waals surface area contributed by atoms with Crippen LogP contribution in [0.4, 0.5) is 0 Å². The summed E-state index contributed by atoms with van der Waals surface area (Å²) in [4.78, 5) is 24.7. The molecule has 3 aliphatic rings. The van der Waals surface area contributed by atoms with Gasteiger partial charge in [0.25, 0.3) is 0 Å². The van der Waals surface area contributed by atoms with E-state index in [-0.39, 0.29) is 36.0 Å². The van der Waals surface area contributed by atoms with Crippen LogP contribution in [0.2, 0.25) is 0 Å². The third kappa shape index (κ3) is 6.01. The maximum atomic E-state index is 12.4. The van der Waals surface area contributed by atoms with Gasteiger partial charge in [-0.1, -0.05) is 12.8 Å². The number of nitrogens with one attached hydrogen (secondary N) is 3. The summed E-state index contributed by atoms with van der Waals surface area (Å²) >= 11 is 0. The number of hydrogen-bond donors (Lipinski definition) is 3. The van der Waals surface area contributed by atoms with Crippen LogP contribution in [0.25, 0.3) is 0 Å². The van der Waals surface area contributed by atoms with Crippen molar-refractivity contribution in [1.29, 1.82) is 5.26 Å². The zero-order chi connectivity index (χ0) is 22.3. The van der Waals surface area contributed by atoms with Gasteiger partial charge in [0.2, 0.25) is 11.8 Å². The molecular formula is C25H34N4O3. The van der Waals surface area contributed by atoms with Crippen molar-refractivity contribution in [3.8, 4) is 11.8 Å². The topological polar surface area (TPSA) is 103 Å². The minimum absolute atomic E-state index is 0.00976. The summed E-state index contributed by atoms with van der Waals surface area (Å²) in [5, 5.41) is 18.7. The first-order valence-corrected chi connectivity index (χ1v) is 12.1. The molecular weight excluding hydrogens is 404 g/mol. The number of ether oxygens (including phenoxy) is 1. The first-order chi connectivity index (χ1) is 15.6. The molecule has 1 saturated heterocycles. The van der Waals surface area contributed by atoms with E-state index in [2.05, 4.69) is 22.0 Å². The molecule has 172 valence electrons. The molecule has 1 aliphatic heterocycles. The van der Waals surface area contributed by atoms with Crippen LogP contribution in [0.15, 0.2) is 24.3 Å². The van der Waals surface area contributed by atoms with Crippen LogP contribution in [0.3, 0.4) is 0 Å². The molecule has 3 fully saturated rings. The van der Waals surface area contributed by atoms with E-state index in [1.807, 2.05) is 12.1 Å². The SMILES string of the molecule is N#Cc1ccc(OC2CCC(NC(=O)CCCC3NC(=O)C4CCCCC4N3)CC2)cc1. The van der Waals surface area contributed by atoms with E-state index < -0.39 is 0 Å². The molecule has 3 N–H and O–H groups in total. The predicted molar refractivity (Wildman–Crippen MR) is 121 cm³/mol. The van der Waals surface area contributed by atoms with Crippen molar-refractivity contribution in [2.75, 3.05) is 0 Å². The Balaban J connectivity index is 1.11. The average molecular weight is 439 g/mol. The second-order valence-corrected chi connectivity index (χ2v) is 9.41. The highest BCUT2D eigenvalue weighted by Crippen LogP contribution is 2.28. The molecule has 0 spiro atoms. The van der Waals surface area contributed by atoms with Gasteiger partial charge in [-0.3, -0.25) is 14.9 Å². The number of nitrogens with zero attached hydrogens (tertiary/aromatic N) is 1. The van der Waals surface area contributed by atoms with Gasteiger partial charge in [0.15, 0.2) is 0 Å². The lowest BCUT2D eigenvalue weighted by molar-refractivity contribution is -0.130. The number of hydrogen-bond acceptors (Lipinski definition) is 5. The molecule has 1 aromatic rings. The Labute approximate surface area is 190 Å². The summed E-state index contributed by atoms with van der Waals surface area (Å²) in [6.45, 7) is 0. The third-order valence-corrected chi connectivity index (χ3v) is 7.06. The van der Waals surface area contributed by atoms with Crippen molar-refractivity contribution >= 4 is 11.8 Å². The van der Waals surface area contributed by atoms with E-state index in [1.165, 1.54) is 6.42 Å². The Hall–Kier alpha value is -2.59. The number of carbonyl (C=O) groups is 2.